The van der Waals surface area contributed by atoms with Crippen molar-refractivity contribution in [1.82, 2.24) is 0 Å². The number of hydrogen-bond donors (Lipinski definition) is 2. The molecule has 0 spiro atoms. The summed E-state index contributed by atoms with van der Waals surface area (Å²) < 4.78 is 27.4. The van der Waals surface area contributed by atoms with E-state index in [9.17, 15) is 8.42 Å². The van der Waals surface area contributed by atoms with Crippen molar-refractivity contribution < 1.29 is 8.42 Å². The van der Waals surface area contributed by atoms with Crippen LogP contribution in [0.5, 0.6) is 0 Å². The van der Waals surface area contributed by atoms with Gasteiger partial charge in [-0.15, -0.1) is 0 Å². The minimum absolute atomic E-state index is 0.0481. The van der Waals surface area contributed by atoms with E-state index in [2.05, 4.69) is 20.7 Å². The highest BCUT2D eigenvalue weighted by Gasteiger charge is 2.23. The Labute approximate surface area is 121 Å². The highest BCUT2D eigenvalue weighted by Crippen LogP contribution is 2.25. The molecule has 7 heteroatoms. The summed E-state index contributed by atoms with van der Waals surface area (Å²) in [5.74, 6) is 0. The average Bonchev–Trinajstić information content (AvgIpc) is 2.23. The van der Waals surface area contributed by atoms with E-state index in [0.29, 0.717) is 5.69 Å². The zero-order valence-corrected chi connectivity index (χ0v) is 13.5. The van der Waals surface area contributed by atoms with Gasteiger partial charge in [0.25, 0.3) is 0 Å². The molecule has 0 aromatic heterocycles. The lowest BCUT2D eigenvalue weighted by molar-refractivity contribution is 0.598. The highest BCUT2D eigenvalue weighted by molar-refractivity contribution is 9.10. The SMILES string of the molecule is Cc1cc(NS(=O)(=O)C(C)C(N)=S)cc(C)c1Br. The molecule has 1 rings (SSSR count). The molecule has 0 aliphatic rings. The van der Waals surface area contributed by atoms with Gasteiger partial charge in [-0.05, 0) is 44.0 Å². The van der Waals surface area contributed by atoms with Crippen LogP contribution in [0.4, 0.5) is 5.69 Å². The lowest BCUT2D eigenvalue weighted by Gasteiger charge is -2.15. The Balaban J connectivity index is 3.09. The molecule has 1 aromatic rings. The molecule has 4 nitrogen and oxygen atoms in total. The Kier molecular flexibility index (Phi) is 4.74. The molecule has 3 N–H and O–H groups in total. The smallest absolute Gasteiger partial charge is 0.241 e. The molecule has 0 saturated carbocycles. The second-order valence-corrected chi connectivity index (χ2v) is 7.38. The molecule has 0 radical (unpaired) electrons. The first-order valence-corrected chi connectivity index (χ1v) is 7.97. The summed E-state index contributed by atoms with van der Waals surface area (Å²) >= 11 is 8.13. The molecule has 0 heterocycles. The molecule has 0 bridgehead atoms. The van der Waals surface area contributed by atoms with Gasteiger partial charge in [0, 0.05) is 10.2 Å². The van der Waals surface area contributed by atoms with Crippen molar-refractivity contribution >= 4 is 48.8 Å². The number of halogens is 1. The van der Waals surface area contributed by atoms with Crippen LogP contribution < -0.4 is 10.5 Å². The maximum atomic E-state index is 12.0. The van der Waals surface area contributed by atoms with Crippen molar-refractivity contribution in [2.75, 3.05) is 4.72 Å². The maximum absolute atomic E-state index is 12.0. The van der Waals surface area contributed by atoms with Gasteiger partial charge < -0.3 is 5.73 Å². The zero-order valence-electron chi connectivity index (χ0n) is 10.3. The highest BCUT2D eigenvalue weighted by atomic mass is 79.9. The van der Waals surface area contributed by atoms with Gasteiger partial charge >= 0.3 is 0 Å². The molecule has 0 aliphatic carbocycles. The van der Waals surface area contributed by atoms with Gasteiger partial charge in [0.05, 0.1) is 4.99 Å². The largest absolute Gasteiger partial charge is 0.392 e. The predicted octanol–water partition coefficient (Wildman–Crippen LogP) is 2.48. The first-order chi connectivity index (χ1) is 8.15. The van der Waals surface area contributed by atoms with Crippen LogP contribution in [0.25, 0.3) is 0 Å². The molecule has 0 aliphatic heterocycles. The quantitative estimate of drug-likeness (QED) is 0.818. The van der Waals surface area contributed by atoms with E-state index in [4.69, 9.17) is 18.0 Å². The van der Waals surface area contributed by atoms with Crippen molar-refractivity contribution in [2.24, 2.45) is 5.73 Å². The topological polar surface area (TPSA) is 72.2 Å². The van der Waals surface area contributed by atoms with Gasteiger partial charge in [0.1, 0.15) is 5.25 Å². The number of nitrogens with one attached hydrogen (secondary N) is 1. The summed E-state index contributed by atoms with van der Waals surface area (Å²) in [5, 5.41) is -0.906. The molecule has 100 valence electrons. The number of aryl methyl sites for hydroxylation is 2. The monoisotopic (exact) mass is 350 g/mol. The Morgan fingerprint density at radius 1 is 1.39 bits per heavy atom. The number of anilines is 1. The third-order valence-electron chi connectivity index (χ3n) is 2.56. The molecule has 0 amide bonds. The molecule has 1 atom stereocenters. The van der Waals surface area contributed by atoms with Crippen LogP contribution in [0.3, 0.4) is 0 Å². The van der Waals surface area contributed by atoms with E-state index >= 15 is 0 Å². The van der Waals surface area contributed by atoms with Crippen molar-refractivity contribution in [3.05, 3.63) is 27.7 Å². The van der Waals surface area contributed by atoms with Crippen LogP contribution in [-0.4, -0.2) is 18.7 Å². The second kappa shape index (κ2) is 5.54. The van der Waals surface area contributed by atoms with E-state index in [1.165, 1.54) is 6.92 Å². The molecule has 0 fully saturated rings. The van der Waals surface area contributed by atoms with E-state index in [-0.39, 0.29) is 4.99 Å². The number of thiocarbonyl (C=S) groups is 1. The zero-order chi connectivity index (χ0) is 14.1. The number of nitrogens with two attached hydrogens (primary N) is 1. The van der Waals surface area contributed by atoms with Gasteiger partial charge in [-0.25, -0.2) is 8.42 Å². The van der Waals surface area contributed by atoms with Gasteiger partial charge in [0.15, 0.2) is 0 Å². The molecule has 0 saturated heterocycles. The van der Waals surface area contributed by atoms with E-state index < -0.39 is 15.3 Å². The number of rotatable bonds is 4. The Morgan fingerprint density at radius 3 is 2.22 bits per heavy atom. The maximum Gasteiger partial charge on any atom is 0.241 e. The van der Waals surface area contributed by atoms with Crippen molar-refractivity contribution in [3.8, 4) is 0 Å². The first-order valence-electron chi connectivity index (χ1n) is 5.23. The molecular formula is C11H15BrN2O2S2. The van der Waals surface area contributed by atoms with Gasteiger partial charge in [-0.2, -0.15) is 0 Å². The third-order valence-corrected chi connectivity index (χ3v) is 6.02. The Bertz CT molecular complexity index is 562. The van der Waals surface area contributed by atoms with Gasteiger partial charge in [-0.3, -0.25) is 4.72 Å². The van der Waals surface area contributed by atoms with Crippen LogP contribution in [0, 0.1) is 13.8 Å². The van der Waals surface area contributed by atoms with Crippen LogP contribution in [0.15, 0.2) is 16.6 Å². The number of benzene rings is 1. The van der Waals surface area contributed by atoms with Crippen LogP contribution in [-0.2, 0) is 10.0 Å². The average molecular weight is 351 g/mol. The van der Waals surface area contributed by atoms with E-state index in [1.807, 2.05) is 13.8 Å². The van der Waals surface area contributed by atoms with Crippen molar-refractivity contribution in [1.29, 1.82) is 0 Å². The summed E-state index contributed by atoms with van der Waals surface area (Å²) in [6, 6.07) is 3.50. The van der Waals surface area contributed by atoms with Gasteiger partial charge in [-0.1, -0.05) is 28.1 Å². The minimum Gasteiger partial charge on any atom is -0.392 e. The van der Waals surface area contributed by atoms with Gasteiger partial charge in [0.2, 0.25) is 10.0 Å². The first kappa shape index (κ1) is 15.4. The number of hydrogen-bond acceptors (Lipinski definition) is 3. The normalized spacial score (nSPS) is 13.1. The predicted molar refractivity (Wildman–Crippen MR) is 82.4 cm³/mol. The molecule has 18 heavy (non-hydrogen) atoms. The minimum atomic E-state index is -3.59. The van der Waals surface area contributed by atoms with E-state index in [1.54, 1.807) is 12.1 Å². The number of sulfonamides is 1. The van der Waals surface area contributed by atoms with Crippen LogP contribution >= 0.6 is 28.1 Å². The lowest BCUT2D eigenvalue weighted by atomic mass is 10.1. The Hall–Kier alpha value is -0.660. The summed E-state index contributed by atoms with van der Waals surface area (Å²) in [6.07, 6.45) is 0. The molecular weight excluding hydrogens is 336 g/mol. The molecule has 1 aromatic carbocycles. The second-order valence-electron chi connectivity index (χ2n) is 4.12. The van der Waals surface area contributed by atoms with Crippen molar-refractivity contribution in [3.63, 3.8) is 0 Å². The standard InChI is InChI=1S/C11H15BrN2O2S2/c1-6-4-9(5-7(2)10(6)12)14-18(15,16)8(3)11(13)17/h4-5,8,14H,1-3H3,(H2,13,17). The summed E-state index contributed by atoms with van der Waals surface area (Å²) in [6.45, 7) is 5.25. The summed E-state index contributed by atoms with van der Waals surface area (Å²) in [5.41, 5.74) is 7.78. The van der Waals surface area contributed by atoms with Crippen LogP contribution in [0.1, 0.15) is 18.1 Å². The molecule has 1 unspecified atom stereocenters. The lowest BCUT2D eigenvalue weighted by Crippen LogP contribution is -2.35. The fourth-order valence-electron chi connectivity index (χ4n) is 1.41. The summed E-state index contributed by atoms with van der Waals surface area (Å²) in [7, 11) is -3.59. The van der Waals surface area contributed by atoms with Crippen LogP contribution in [0.2, 0.25) is 0 Å². The summed E-state index contributed by atoms with van der Waals surface area (Å²) in [4.78, 5) is -0.0481. The fraction of sp³-hybridized carbons (Fsp3) is 0.364. The van der Waals surface area contributed by atoms with E-state index in [0.717, 1.165) is 15.6 Å². The Morgan fingerprint density at radius 2 is 1.83 bits per heavy atom. The fourth-order valence-corrected chi connectivity index (χ4v) is 2.95. The third kappa shape index (κ3) is 3.43. The van der Waals surface area contributed by atoms with Crippen molar-refractivity contribution in [2.45, 2.75) is 26.0 Å².